The topological polar surface area (TPSA) is 84.7 Å². The van der Waals surface area contributed by atoms with Crippen LogP contribution in [0.1, 0.15) is 11.4 Å². The first kappa shape index (κ1) is 12.8. The Balaban J connectivity index is 2.13. The van der Waals surface area contributed by atoms with Crippen molar-refractivity contribution < 1.29 is 4.92 Å². The van der Waals surface area contributed by atoms with E-state index in [1.54, 1.807) is 6.92 Å². The van der Waals surface area contributed by atoms with Crippen molar-refractivity contribution in [1.29, 1.82) is 0 Å². The predicted molar refractivity (Wildman–Crippen MR) is 68.8 cm³/mol. The van der Waals surface area contributed by atoms with Gasteiger partial charge in [0, 0.05) is 22.9 Å². The lowest BCUT2D eigenvalue weighted by Crippen LogP contribution is -1.91. The van der Waals surface area contributed by atoms with Crippen LogP contribution in [0.15, 0.2) is 23.4 Å². The van der Waals surface area contributed by atoms with Crippen LogP contribution in [0, 0.1) is 17.0 Å². The molecule has 8 heteroatoms. The highest BCUT2D eigenvalue weighted by Crippen LogP contribution is 2.27. The van der Waals surface area contributed by atoms with Crippen LogP contribution in [-0.2, 0) is 5.75 Å². The maximum absolute atomic E-state index is 10.7. The number of thioether (sulfide) groups is 1. The quantitative estimate of drug-likeness (QED) is 0.530. The summed E-state index contributed by atoms with van der Waals surface area (Å²) in [6.07, 6.45) is 0. The van der Waals surface area contributed by atoms with Crippen LogP contribution in [0.2, 0.25) is 5.02 Å². The summed E-state index contributed by atoms with van der Waals surface area (Å²) in [5, 5.41) is 18.5. The van der Waals surface area contributed by atoms with Crippen molar-refractivity contribution in [2.24, 2.45) is 0 Å². The summed E-state index contributed by atoms with van der Waals surface area (Å²) in [5.41, 5.74) is 0.722. The third-order valence-electron chi connectivity index (χ3n) is 2.17. The van der Waals surface area contributed by atoms with Gasteiger partial charge in [-0.1, -0.05) is 23.4 Å². The van der Waals surface area contributed by atoms with Gasteiger partial charge < -0.3 is 0 Å². The van der Waals surface area contributed by atoms with Gasteiger partial charge in [0.05, 0.1) is 4.92 Å². The number of nitrogens with one attached hydrogen (secondary N) is 1. The van der Waals surface area contributed by atoms with E-state index in [4.69, 9.17) is 11.6 Å². The molecule has 1 heterocycles. The second kappa shape index (κ2) is 5.36. The molecule has 1 N–H and O–H groups in total. The summed E-state index contributed by atoms with van der Waals surface area (Å²) in [4.78, 5) is 14.4. The lowest BCUT2D eigenvalue weighted by atomic mass is 10.2. The zero-order valence-electron chi connectivity index (χ0n) is 9.38. The number of non-ortho nitro benzene ring substituents is 1. The van der Waals surface area contributed by atoms with E-state index in [1.807, 2.05) is 0 Å². The Bertz CT molecular complexity index is 587. The monoisotopic (exact) mass is 284 g/mol. The maximum Gasteiger partial charge on any atom is 0.269 e. The van der Waals surface area contributed by atoms with Gasteiger partial charge >= 0.3 is 0 Å². The van der Waals surface area contributed by atoms with Crippen LogP contribution in [-0.4, -0.2) is 20.1 Å². The van der Waals surface area contributed by atoms with Crippen LogP contribution in [0.25, 0.3) is 0 Å². The minimum atomic E-state index is -0.443. The molecular formula is C10H9ClN4O2S. The van der Waals surface area contributed by atoms with Gasteiger partial charge in [0.2, 0.25) is 5.16 Å². The van der Waals surface area contributed by atoms with Gasteiger partial charge in [-0.2, -0.15) is 0 Å². The number of nitro groups is 1. The Morgan fingerprint density at radius 2 is 2.33 bits per heavy atom. The number of rotatable bonds is 4. The molecule has 0 saturated carbocycles. The third kappa shape index (κ3) is 2.99. The van der Waals surface area contributed by atoms with Gasteiger partial charge in [0.25, 0.3) is 5.69 Å². The highest BCUT2D eigenvalue weighted by molar-refractivity contribution is 7.98. The molecule has 0 amide bonds. The van der Waals surface area contributed by atoms with E-state index in [-0.39, 0.29) is 5.69 Å². The molecule has 0 atom stereocenters. The van der Waals surface area contributed by atoms with Gasteiger partial charge in [0.15, 0.2) is 0 Å². The van der Waals surface area contributed by atoms with Gasteiger partial charge in [-0.3, -0.25) is 15.2 Å². The van der Waals surface area contributed by atoms with E-state index >= 15 is 0 Å². The van der Waals surface area contributed by atoms with E-state index in [1.165, 1.54) is 30.0 Å². The van der Waals surface area contributed by atoms with Crippen molar-refractivity contribution in [3.8, 4) is 0 Å². The molecule has 0 fully saturated rings. The molecule has 2 aromatic rings. The molecule has 0 radical (unpaired) electrons. The molecule has 2 rings (SSSR count). The van der Waals surface area contributed by atoms with Crippen LogP contribution < -0.4 is 0 Å². The van der Waals surface area contributed by atoms with E-state index in [0.717, 1.165) is 5.82 Å². The number of hydrogen-bond donors (Lipinski definition) is 1. The fraction of sp³-hybridized carbons (Fsp3) is 0.200. The van der Waals surface area contributed by atoms with Crippen molar-refractivity contribution >= 4 is 29.1 Å². The number of aromatic amines is 1. The lowest BCUT2D eigenvalue weighted by molar-refractivity contribution is -0.384. The highest BCUT2D eigenvalue weighted by Gasteiger charge is 2.11. The van der Waals surface area contributed by atoms with E-state index in [0.29, 0.717) is 21.5 Å². The Kier molecular flexibility index (Phi) is 3.83. The summed E-state index contributed by atoms with van der Waals surface area (Å²) in [5.74, 6) is 1.21. The van der Waals surface area contributed by atoms with Crippen molar-refractivity contribution in [2.45, 2.75) is 17.8 Å². The average molecular weight is 285 g/mol. The first-order valence-corrected chi connectivity index (χ1v) is 6.37. The minimum Gasteiger partial charge on any atom is -0.262 e. The Morgan fingerprint density at radius 3 is 2.94 bits per heavy atom. The molecule has 0 aliphatic carbocycles. The van der Waals surface area contributed by atoms with Gasteiger partial charge in [-0.15, -0.1) is 5.10 Å². The molecule has 0 aliphatic rings. The average Bonchev–Trinajstić information content (AvgIpc) is 2.74. The number of H-pyrrole nitrogens is 1. The van der Waals surface area contributed by atoms with Gasteiger partial charge in [0.1, 0.15) is 5.82 Å². The maximum atomic E-state index is 10.7. The lowest BCUT2D eigenvalue weighted by Gasteiger charge is -2.01. The summed E-state index contributed by atoms with van der Waals surface area (Å²) < 4.78 is 0. The van der Waals surface area contributed by atoms with Gasteiger partial charge in [-0.05, 0) is 18.6 Å². The number of aryl methyl sites for hydroxylation is 1. The second-order valence-electron chi connectivity index (χ2n) is 3.52. The van der Waals surface area contributed by atoms with Crippen LogP contribution in [0.4, 0.5) is 5.69 Å². The SMILES string of the molecule is Cc1nc(SCc2cc([N+](=O)[O-])ccc2Cl)n[nH]1. The van der Waals surface area contributed by atoms with E-state index in [2.05, 4.69) is 15.2 Å². The molecule has 6 nitrogen and oxygen atoms in total. The molecule has 1 aromatic heterocycles. The first-order chi connectivity index (χ1) is 8.56. The smallest absolute Gasteiger partial charge is 0.262 e. The number of aromatic nitrogens is 3. The Labute approximate surface area is 112 Å². The zero-order chi connectivity index (χ0) is 13.1. The largest absolute Gasteiger partial charge is 0.269 e. The Morgan fingerprint density at radius 1 is 1.56 bits per heavy atom. The standard InChI is InChI=1S/C10H9ClN4O2S/c1-6-12-10(14-13-6)18-5-7-4-8(15(16)17)2-3-9(7)11/h2-4H,5H2,1H3,(H,12,13,14). The van der Waals surface area contributed by atoms with Crippen LogP contribution in [0.5, 0.6) is 0 Å². The summed E-state index contributed by atoms with van der Waals surface area (Å²) >= 11 is 7.36. The van der Waals surface area contributed by atoms with Crippen molar-refractivity contribution in [3.63, 3.8) is 0 Å². The van der Waals surface area contributed by atoms with Crippen molar-refractivity contribution in [3.05, 3.63) is 44.7 Å². The normalized spacial score (nSPS) is 10.6. The first-order valence-electron chi connectivity index (χ1n) is 5.01. The molecule has 0 aliphatic heterocycles. The summed E-state index contributed by atoms with van der Waals surface area (Å²) in [6.45, 7) is 1.80. The van der Waals surface area contributed by atoms with Gasteiger partial charge in [-0.25, -0.2) is 4.98 Å². The fourth-order valence-electron chi connectivity index (χ4n) is 1.31. The number of halogens is 1. The number of benzene rings is 1. The van der Waals surface area contributed by atoms with Crippen LogP contribution >= 0.6 is 23.4 Å². The zero-order valence-corrected chi connectivity index (χ0v) is 11.0. The fourth-order valence-corrected chi connectivity index (χ4v) is 2.41. The number of hydrogen-bond acceptors (Lipinski definition) is 5. The molecule has 94 valence electrons. The Hall–Kier alpha value is -1.60. The second-order valence-corrected chi connectivity index (χ2v) is 4.87. The predicted octanol–water partition coefficient (Wildman–Crippen LogP) is 2.97. The molecule has 0 bridgehead atoms. The van der Waals surface area contributed by atoms with Crippen molar-refractivity contribution in [2.75, 3.05) is 0 Å². The van der Waals surface area contributed by atoms with Crippen molar-refractivity contribution in [1.82, 2.24) is 15.2 Å². The molecule has 0 unspecified atom stereocenters. The van der Waals surface area contributed by atoms with Crippen LogP contribution in [0.3, 0.4) is 0 Å². The summed E-state index contributed by atoms with van der Waals surface area (Å²) in [6, 6.07) is 4.38. The summed E-state index contributed by atoms with van der Waals surface area (Å²) in [7, 11) is 0. The minimum absolute atomic E-state index is 0.0289. The van der Waals surface area contributed by atoms with E-state index in [9.17, 15) is 10.1 Å². The molecule has 1 aromatic carbocycles. The van der Waals surface area contributed by atoms with E-state index < -0.39 is 4.92 Å². The molecule has 0 spiro atoms. The molecule has 0 saturated heterocycles. The third-order valence-corrected chi connectivity index (χ3v) is 3.44. The molecular weight excluding hydrogens is 276 g/mol. The number of nitro benzene ring substituents is 1. The highest BCUT2D eigenvalue weighted by atomic mass is 35.5. The number of nitrogens with zero attached hydrogens (tertiary/aromatic N) is 3. The molecule has 18 heavy (non-hydrogen) atoms.